The number of hydrogen-bond acceptors (Lipinski definition) is 4. The third-order valence-electron chi connectivity index (χ3n) is 1.67. The molecule has 1 atom stereocenters. The summed E-state index contributed by atoms with van der Waals surface area (Å²) in [5, 5.41) is 0.0348. The van der Waals surface area contributed by atoms with Gasteiger partial charge in [-0.1, -0.05) is 17.8 Å². The molecule has 1 aromatic rings. The molecule has 2 N–H and O–H groups in total. The van der Waals surface area contributed by atoms with Gasteiger partial charge < -0.3 is 5.73 Å². The lowest BCUT2D eigenvalue weighted by Crippen LogP contribution is -2.03. The number of amides is 1. The molecule has 1 aliphatic heterocycles. The first kappa shape index (κ1) is 8.25. The molecule has 5 heteroatoms. The highest BCUT2D eigenvalue weighted by molar-refractivity contribution is 8.15. The van der Waals surface area contributed by atoms with Crippen LogP contribution in [0.2, 0.25) is 0 Å². The maximum atomic E-state index is 11.3. The molecule has 0 saturated heterocycles. The zero-order valence-electron chi connectivity index (χ0n) is 6.68. The molecular formula is C8H7N3OS. The summed E-state index contributed by atoms with van der Waals surface area (Å²) in [6.07, 6.45) is 3.32. The highest BCUT2D eigenvalue weighted by Crippen LogP contribution is 2.33. The Kier molecular flexibility index (Phi) is 2.02. The number of aliphatic imine (C=N–C) groups is 1. The lowest BCUT2D eigenvalue weighted by Gasteiger charge is -2.04. The Labute approximate surface area is 79.3 Å². The van der Waals surface area contributed by atoms with Crippen LogP contribution >= 0.6 is 11.8 Å². The summed E-state index contributed by atoms with van der Waals surface area (Å²) in [4.78, 5) is 18.8. The second-order valence-electron chi connectivity index (χ2n) is 2.57. The molecule has 13 heavy (non-hydrogen) atoms. The second kappa shape index (κ2) is 3.18. The van der Waals surface area contributed by atoms with Crippen LogP contribution in [-0.4, -0.2) is 16.1 Å². The second-order valence-corrected chi connectivity index (χ2v) is 3.70. The van der Waals surface area contributed by atoms with Gasteiger partial charge in [-0.15, -0.1) is 0 Å². The van der Waals surface area contributed by atoms with Crippen LogP contribution in [0.1, 0.15) is 10.8 Å². The van der Waals surface area contributed by atoms with E-state index in [1.807, 2.05) is 6.07 Å². The van der Waals surface area contributed by atoms with E-state index >= 15 is 0 Å². The zero-order valence-corrected chi connectivity index (χ0v) is 7.49. The molecule has 1 aliphatic rings. The predicted molar refractivity (Wildman–Crippen MR) is 51.2 cm³/mol. The number of aromatic nitrogens is 1. The Hall–Kier alpha value is -1.36. The van der Waals surface area contributed by atoms with E-state index in [0.29, 0.717) is 5.17 Å². The van der Waals surface area contributed by atoms with Gasteiger partial charge in [0.2, 0.25) is 0 Å². The van der Waals surface area contributed by atoms with Crippen molar-refractivity contribution >= 4 is 22.8 Å². The normalized spacial score (nSPS) is 21.7. The van der Waals surface area contributed by atoms with Gasteiger partial charge in [0.15, 0.2) is 5.17 Å². The van der Waals surface area contributed by atoms with Crippen LogP contribution in [0.4, 0.5) is 0 Å². The fourth-order valence-electron chi connectivity index (χ4n) is 1.11. The predicted octanol–water partition coefficient (Wildman–Crippen LogP) is 0.711. The van der Waals surface area contributed by atoms with Gasteiger partial charge in [-0.05, 0) is 11.6 Å². The minimum atomic E-state index is -0.298. The number of carbonyl (C=O) groups is 1. The van der Waals surface area contributed by atoms with Crippen molar-refractivity contribution in [3.05, 3.63) is 30.1 Å². The van der Waals surface area contributed by atoms with Crippen LogP contribution in [0.3, 0.4) is 0 Å². The number of pyridine rings is 1. The van der Waals surface area contributed by atoms with Crippen molar-refractivity contribution in [1.82, 2.24) is 4.98 Å². The Bertz CT molecular complexity index is 363. The molecule has 2 rings (SSSR count). The van der Waals surface area contributed by atoms with Crippen LogP contribution in [0, 0.1) is 0 Å². The molecule has 0 aliphatic carbocycles. The summed E-state index contributed by atoms with van der Waals surface area (Å²) in [6.45, 7) is 0. The van der Waals surface area contributed by atoms with E-state index < -0.39 is 0 Å². The molecule has 1 amide bonds. The summed E-state index contributed by atoms with van der Waals surface area (Å²) < 4.78 is 0. The number of rotatable bonds is 1. The highest BCUT2D eigenvalue weighted by atomic mass is 32.2. The van der Waals surface area contributed by atoms with Gasteiger partial charge in [0.05, 0.1) is 0 Å². The van der Waals surface area contributed by atoms with Crippen LogP contribution in [0.25, 0.3) is 0 Å². The number of carbonyl (C=O) groups excluding carboxylic acids is 1. The van der Waals surface area contributed by atoms with Crippen molar-refractivity contribution in [2.75, 3.05) is 0 Å². The third-order valence-corrected chi connectivity index (χ3v) is 2.71. The summed E-state index contributed by atoms with van der Waals surface area (Å²) >= 11 is 1.26. The van der Waals surface area contributed by atoms with Crippen molar-refractivity contribution in [2.24, 2.45) is 10.7 Å². The lowest BCUT2D eigenvalue weighted by atomic mass is 10.2. The summed E-state index contributed by atoms with van der Waals surface area (Å²) in [6, 6.07) is 3.63. The van der Waals surface area contributed by atoms with Gasteiger partial charge >= 0.3 is 0 Å². The van der Waals surface area contributed by atoms with Crippen molar-refractivity contribution in [2.45, 2.75) is 5.25 Å². The molecule has 0 bridgehead atoms. The molecule has 0 saturated carbocycles. The Morgan fingerprint density at radius 1 is 1.54 bits per heavy atom. The van der Waals surface area contributed by atoms with Crippen LogP contribution in [0.15, 0.2) is 29.5 Å². The molecular weight excluding hydrogens is 186 g/mol. The van der Waals surface area contributed by atoms with E-state index in [-0.39, 0.29) is 11.2 Å². The maximum Gasteiger partial charge on any atom is 0.266 e. The van der Waals surface area contributed by atoms with E-state index in [9.17, 15) is 4.79 Å². The fraction of sp³-hybridized carbons (Fsp3) is 0.125. The van der Waals surface area contributed by atoms with E-state index in [4.69, 9.17) is 5.73 Å². The summed E-state index contributed by atoms with van der Waals surface area (Å²) in [5.74, 6) is -0.199. The van der Waals surface area contributed by atoms with E-state index in [1.54, 1.807) is 18.5 Å². The minimum absolute atomic E-state index is 0.199. The summed E-state index contributed by atoms with van der Waals surface area (Å²) in [7, 11) is 0. The van der Waals surface area contributed by atoms with E-state index in [1.165, 1.54) is 11.8 Å². The van der Waals surface area contributed by atoms with Crippen LogP contribution in [-0.2, 0) is 4.79 Å². The average molecular weight is 193 g/mol. The Balaban J connectivity index is 2.26. The Morgan fingerprint density at radius 3 is 2.92 bits per heavy atom. The number of amidine groups is 1. The first-order valence-electron chi connectivity index (χ1n) is 3.72. The van der Waals surface area contributed by atoms with Crippen molar-refractivity contribution in [3.8, 4) is 0 Å². The van der Waals surface area contributed by atoms with Crippen LogP contribution in [0.5, 0.6) is 0 Å². The van der Waals surface area contributed by atoms with E-state index in [2.05, 4.69) is 9.98 Å². The van der Waals surface area contributed by atoms with Gasteiger partial charge in [-0.25, -0.2) is 0 Å². The number of nitrogens with zero attached hydrogens (tertiary/aromatic N) is 2. The minimum Gasteiger partial charge on any atom is -0.378 e. The molecule has 66 valence electrons. The van der Waals surface area contributed by atoms with Crippen LogP contribution < -0.4 is 5.73 Å². The van der Waals surface area contributed by atoms with Crippen molar-refractivity contribution in [1.29, 1.82) is 0 Å². The van der Waals surface area contributed by atoms with Crippen molar-refractivity contribution < 1.29 is 4.79 Å². The van der Waals surface area contributed by atoms with Gasteiger partial charge in [0, 0.05) is 12.4 Å². The highest BCUT2D eigenvalue weighted by Gasteiger charge is 2.28. The molecule has 1 aromatic heterocycles. The van der Waals surface area contributed by atoms with Gasteiger partial charge in [-0.2, -0.15) is 4.99 Å². The van der Waals surface area contributed by atoms with Crippen molar-refractivity contribution in [3.63, 3.8) is 0 Å². The third kappa shape index (κ3) is 1.55. The first-order chi connectivity index (χ1) is 6.27. The number of hydrogen-bond donors (Lipinski definition) is 1. The zero-order chi connectivity index (χ0) is 9.26. The number of thioether (sulfide) groups is 1. The van der Waals surface area contributed by atoms with E-state index in [0.717, 1.165) is 5.56 Å². The molecule has 0 fully saturated rings. The smallest absolute Gasteiger partial charge is 0.266 e. The number of nitrogens with two attached hydrogens (primary N) is 1. The van der Waals surface area contributed by atoms with Gasteiger partial charge in [0.1, 0.15) is 5.25 Å². The standard InChI is InChI=1S/C8H7N3OS/c9-8-11-7(12)6(13-8)5-2-1-3-10-4-5/h1-4,6H,(H2,9,11,12). The van der Waals surface area contributed by atoms with Gasteiger partial charge in [0.25, 0.3) is 5.91 Å². The molecule has 0 spiro atoms. The molecule has 0 aromatic carbocycles. The SMILES string of the molecule is NC1=NC(=O)C(c2cccnc2)S1. The Morgan fingerprint density at radius 2 is 2.38 bits per heavy atom. The lowest BCUT2D eigenvalue weighted by molar-refractivity contribution is -0.117. The maximum absolute atomic E-state index is 11.3. The monoisotopic (exact) mass is 193 g/mol. The van der Waals surface area contributed by atoms with Gasteiger partial charge in [-0.3, -0.25) is 9.78 Å². The molecule has 4 nitrogen and oxygen atoms in total. The average Bonchev–Trinajstić information content (AvgIpc) is 2.47. The largest absolute Gasteiger partial charge is 0.378 e. The molecule has 2 heterocycles. The first-order valence-corrected chi connectivity index (χ1v) is 4.60. The fourth-order valence-corrected chi connectivity index (χ4v) is 1.92. The molecule has 0 radical (unpaired) electrons. The summed E-state index contributed by atoms with van der Waals surface area (Å²) in [5.41, 5.74) is 6.27. The quantitative estimate of drug-likeness (QED) is 0.713. The topological polar surface area (TPSA) is 68.3 Å². The molecule has 1 unspecified atom stereocenters.